The van der Waals surface area contributed by atoms with Crippen molar-refractivity contribution in [2.75, 3.05) is 6.54 Å². The van der Waals surface area contributed by atoms with Crippen molar-refractivity contribution in [2.24, 2.45) is 11.1 Å². The number of halogens is 1. The monoisotopic (exact) mass is 318 g/mol. The topological polar surface area (TPSA) is 72.2 Å². The zero-order chi connectivity index (χ0) is 14.3. The first-order valence-electron chi connectivity index (χ1n) is 5.83. The number of nitrogens with two attached hydrogens (primary N) is 1. The van der Waals surface area contributed by atoms with Gasteiger partial charge in [-0.2, -0.15) is 0 Å². The molecule has 19 heavy (non-hydrogen) atoms. The number of nitrogens with one attached hydrogen (secondary N) is 1. The van der Waals surface area contributed by atoms with Crippen LogP contribution >= 0.6 is 23.8 Å². The van der Waals surface area contributed by atoms with E-state index in [-0.39, 0.29) is 20.3 Å². The van der Waals surface area contributed by atoms with Crippen LogP contribution < -0.4 is 10.5 Å². The van der Waals surface area contributed by atoms with Gasteiger partial charge in [0.15, 0.2) is 0 Å². The van der Waals surface area contributed by atoms with Gasteiger partial charge in [-0.1, -0.05) is 36.8 Å². The van der Waals surface area contributed by atoms with Crippen molar-refractivity contribution in [3.05, 3.63) is 28.8 Å². The molecule has 1 fully saturated rings. The van der Waals surface area contributed by atoms with Crippen molar-refractivity contribution in [1.82, 2.24) is 4.72 Å². The summed E-state index contributed by atoms with van der Waals surface area (Å²) < 4.78 is 26.9. The van der Waals surface area contributed by atoms with Crippen LogP contribution in [0.1, 0.15) is 25.3 Å². The van der Waals surface area contributed by atoms with E-state index < -0.39 is 10.0 Å². The minimum Gasteiger partial charge on any atom is -0.389 e. The summed E-state index contributed by atoms with van der Waals surface area (Å²) in [6.45, 7) is 2.48. The summed E-state index contributed by atoms with van der Waals surface area (Å²) in [5.74, 6) is 0. The molecule has 0 heterocycles. The lowest BCUT2D eigenvalue weighted by atomic mass is 10.2. The second-order valence-electron chi connectivity index (χ2n) is 5.14. The molecule has 2 rings (SSSR count). The number of benzene rings is 1. The predicted octanol–water partition coefficient (Wildman–Crippen LogP) is 2.05. The fourth-order valence-corrected chi connectivity index (χ4v) is 3.48. The minimum atomic E-state index is -3.59. The number of hydrogen-bond acceptors (Lipinski definition) is 3. The summed E-state index contributed by atoms with van der Waals surface area (Å²) in [6, 6.07) is 4.45. The van der Waals surface area contributed by atoms with Crippen molar-refractivity contribution >= 4 is 38.8 Å². The van der Waals surface area contributed by atoms with Gasteiger partial charge in [0.25, 0.3) is 0 Å². The third-order valence-electron chi connectivity index (χ3n) is 3.30. The summed E-state index contributed by atoms with van der Waals surface area (Å²) in [5.41, 5.74) is 6.12. The predicted molar refractivity (Wildman–Crippen MR) is 79.9 cm³/mol. The van der Waals surface area contributed by atoms with Crippen molar-refractivity contribution < 1.29 is 8.42 Å². The molecule has 104 valence electrons. The highest BCUT2D eigenvalue weighted by molar-refractivity contribution is 7.89. The van der Waals surface area contributed by atoms with Crippen molar-refractivity contribution in [2.45, 2.75) is 24.7 Å². The Morgan fingerprint density at radius 2 is 2.16 bits per heavy atom. The Morgan fingerprint density at radius 1 is 1.53 bits per heavy atom. The lowest BCUT2D eigenvalue weighted by Gasteiger charge is -2.12. The van der Waals surface area contributed by atoms with Gasteiger partial charge in [-0.25, -0.2) is 13.1 Å². The van der Waals surface area contributed by atoms with Crippen molar-refractivity contribution in [3.63, 3.8) is 0 Å². The Kier molecular flexibility index (Phi) is 3.88. The van der Waals surface area contributed by atoms with Gasteiger partial charge in [-0.3, -0.25) is 0 Å². The molecular weight excluding hydrogens is 304 g/mol. The molecule has 1 aromatic carbocycles. The molecule has 1 aliphatic rings. The SMILES string of the molecule is CC1(CNS(=O)(=O)c2ccc(C(N)=S)cc2Cl)CC1. The van der Waals surface area contributed by atoms with E-state index in [1.165, 1.54) is 12.1 Å². The number of rotatable bonds is 5. The Labute approximate surface area is 123 Å². The third kappa shape index (κ3) is 3.45. The van der Waals surface area contributed by atoms with Crippen LogP contribution in [0.3, 0.4) is 0 Å². The summed E-state index contributed by atoms with van der Waals surface area (Å²) in [7, 11) is -3.59. The van der Waals surface area contributed by atoms with Crippen LogP contribution in [0.2, 0.25) is 5.02 Å². The van der Waals surface area contributed by atoms with E-state index in [9.17, 15) is 8.42 Å². The zero-order valence-electron chi connectivity index (χ0n) is 10.4. The molecule has 0 unspecified atom stereocenters. The van der Waals surface area contributed by atoms with Crippen LogP contribution in [0.15, 0.2) is 23.1 Å². The molecule has 3 N–H and O–H groups in total. The number of hydrogen-bond donors (Lipinski definition) is 2. The van der Waals surface area contributed by atoms with Crippen LogP contribution in [0.4, 0.5) is 0 Å². The maximum absolute atomic E-state index is 12.1. The first kappa shape index (κ1) is 14.7. The fourth-order valence-electron chi connectivity index (χ4n) is 1.61. The molecule has 0 radical (unpaired) electrons. The normalized spacial score (nSPS) is 17.2. The fraction of sp³-hybridized carbons (Fsp3) is 0.417. The van der Waals surface area contributed by atoms with Crippen LogP contribution in [0.25, 0.3) is 0 Å². The Balaban J connectivity index is 2.22. The van der Waals surface area contributed by atoms with Crippen LogP contribution in [-0.2, 0) is 10.0 Å². The molecule has 1 aliphatic carbocycles. The smallest absolute Gasteiger partial charge is 0.242 e. The van der Waals surface area contributed by atoms with Gasteiger partial charge in [0.05, 0.1) is 5.02 Å². The molecule has 0 aliphatic heterocycles. The zero-order valence-corrected chi connectivity index (χ0v) is 12.8. The van der Waals surface area contributed by atoms with Crippen molar-refractivity contribution in [3.8, 4) is 0 Å². The average Bonchev–Trinajstić information content (AvgIpc) is 3.05. The van der Waals surface area contributed by atoms with E-state index >= 15 is 0 Å². The molecule has 4 nitrogen and oxygen atoms in total. The highest BCUT2D eigenvalue weighted by atomic mass is 35.5. The maximum atomic E-state index is 12.1. The van der Waals surface area contributed by atoms with Gasteiger partial charge in [0.1, 0.15) is 9.88 Å². The Hall–Kier alpha value is -0.690. The van der Waals surface area contributed by atoms with Crippen LogP contribution in [0.5, 0.6) is 0 Å². The Morgan fingerprint density at radius 3 is 2.63 bits per heavy atom. The Bertz CT molecular complexity index is 625. The molecule has 7 heteroatoms. The molecule has 0 aromatic heterocycles. The molecule has 0 saturated heterocycles. The molecule has 1 aromatic rings. The summed E-state index contributed by atoms with van der Waals surface area (Å²) >= 11 is 10.8. The molecular formula is C12H15ClN2O2S2. The second-order valence-corrected chi connectivity index (χ2v) is 7.73. The number of thiocarbonyl (C=S) groups is 1. The summed E-state index contributed by atoms with van der Waals surface area (Å²) in [6.07, 6.45) is 2.09. The largest absolute Gasteiger partial charge is 0.389 e. The summed E-state index contributed by atoms with van der Waals surface area (Å²) in [4.78, 5) is 0.239. The van der Waals surface area contributed by atoms with Gasteiger partial charge >= 0.3 is 0 Å². The van der Waals surface area contributed by atoms with Crippen molar-refractivity contribution in [1.29, 1.82) is 0 Å². The van der Waals surface area contributed by atoms with Crippen LogP contribution in [0, 0.1) is 5.41 Å². The average molecular weight is 319 g/mol. The highest BCUT2D eigenvalue weighted by Gasteiger charge is 2.38. The van der Waals surface area contributed by atoms with E-state index in [0.717, 1.165) is 12.8 Å². The lowest BCUT2D eigenvalue weighted by molar-refractivity contribution is 0.530. The van der Waals surface area contributed by atoms with Gasteiger partial charge in [-0.15, -0.1) is 0 Å². The van der Waals surface area contributed by atoms with Gasteiger partial charge in [0, 0.05) is 12.1 Å². The van der Waals surface area contributed by atoms with E-state index in [0.29, 0.717) is 12.1 Å². The summed E-state index contributed by atoms with van der Waals surface area (Å²) in [5, 5.41) is 0.124. The molecule has 1 saturated carbocycles. The standard InChI is InChI=1S/C12H15ClN2O2S2/c1-12(4-5-12)7-15-19(16,17)10-3-2-8(11(14)18)6-9(10)13/h2-3,6,15H,4-5,7H2,1H3,(H2,14,18). The minimum absolute atomic E-state index is 0.0541. The molecule has 0 spiro atoms. The first-order valence-corrected chi connectivity index (χ1v) is 8.09. The van der Waals surface area contributed by atoms with Gasteiger partial charge < -0.3 is 5.73 Å². The van der Waals surface area contributed by atoms with E-state index in [1.54, 1.807) is 6.07 Å². The first-order chi connectivity index (χ1) is 8.73. The van der Waals surface area contributed by atoms with E-state index in [4.69, 9.17) is 29.6 Å². The van der Waals surface area contributed by atoms with Crippen LogP contribution in [-0.4, -0.2) is 20.0 Å². The highest BCUT2D eigenvalue weighted by Crippen LogP contribution is 2.44. The molecule has 0 amide bonds. The maximum Gasteiger partial charge on any atom is 0.242 e. The number of sulfonamides is 1. The van der Waals surface area contributed by atoms with Gasteiger partial charge in [0.2, 0.25) is 10.0 Å². The quantitative estimate of drug-likeness (QED) is 0.815. The van der Waals surface area contributed by atoms with Gasteiger partial charge in [-0.05, 0) is 30.4 Å². The second kappa shape index (κ2) is 5.01. The lowest BCUT2D eigenvalue weighted by Crippen LogP contribution is -2.29. The molecule has 0 atom stereocenters. The van der Waals surface area contributed by atoms with E-state index in [2.05, 4.69) is 4.72 Å². The third-order valence-corrected chi connectivity index (χ3v) is 5.42. The van der Waals surface area contributed by atoms with E-state index in [1.807, 2.05) is 6.92 Å². The molecule has 0 bridgehead atoms.